The number of ether oxygens (including phenoxy) is 6. The first-order valence-electron chi connectivity index (χ1n) is 32.7. The largest absolute Gasteiger partial charge is 0.425 e. The van der Waals surface area contributed by atoms with Gasteiger partial charge in [0.2, 0.25) is 11.8 Å². The number of fused-ring (bicyclic) bond motifs is 11. The van der Waals surface area contributed by atoms with Gasteiger partial charge in [-0.3, -0.25) is 38.4 Å². The second-order valence-corrected chi connectivity index (χ2v) is 26.8. The van der Waals surface area contributed by atoms with Gasteiger partial charge in [0, 0.05) is 131 Å². The normalized spacial score (nSPS) is 11.3. The first kappa shape index (κ1) is 70.4. The third-order valence-corrected chi connectivity index (χ3v) is 19.7. The number of nitrogens with one attached hydrogen (secondary N) is 2. The Morgan fingerprint density at radius 1 is 0.390 bits per heavy atom. The molecule has 0 aliphatic rings. The molecular formula is C79H72N2O17S2. The molecule has 0 aliphatic heterocycles. The van der Waals surface area contributed by atoms with Crippen LogP contribution < -0.4 is 44.7 Å². The predicted octanol–water partition coefficient (Wildman–Crippen LogP) is 15.8. The highest BCUT2D eigenvalue weighted by molar-refractivity contribution is 7.27. The van der Waals surface area contributed by atoms with Gasteiger partial charge in [-0.2, -0.15) is 0 Å². The van der Waals surface area contributed by atoms with Gasteiger partial charge in [-0.1, -0.05) is 97.8 Å². The molecular weight excluding hydrogens is 1310 g/mol. The first-order chi connectivity index (χ1) is 47.8. The third kappa shape index (κ3) is 15.1. The molecule has 0 radical (unpaired) electrons. The van der Waals surface area contributed by atoms with Crippen LogP contribution in [0.25, 0.3) is 94.4 Å². The number of carbonyl (C=O) groups excluding carboxylic acids is 9. The lowest BCUT2D eigenvalue weighted by atomic mass is 9.96. The predicted molar refractivity (Wildman–Crippen MR) is 389 cm³/mol. The molecule has 3 heterocycles. The molecule has 9 aromatic carbocycles. The number of esters is 6. The van der Waals surface area contributed by atoms with E-state index >= 15 is 0 Å². The number of rotatable bonds is 21. The van der Waals surface area contributed by atoms with E-state index in [1.165, 1.54) is 77.2 Å². The molecule has 2 amide bonds. The maximum Gasteiger partial charge on any atom is 0.336 e. The summed E-state index contributed by atoms with van der Waals surface area (Å²) in [6.45, 7) is 16.4. The second kappa shape index (κ2) is 30.1. The Labute approximate surface area is 581 Å². The zero-order valence-electron chi connectivity index (χ0n) is 56.9. The van der Waals surface area contributed by atoms with Crippen LogP contribution in [-0.4, -0.2) is 66.5 Å². The van der Waals surface area contributed by atoms with Gasteiger partial charge in [0.1, 0.15) is 34.4 Å². The molecule has 0 unspecified atom stereocenters. The molecule has 3 aromatic heterocycles. The molecule has 21 heteroatoms. The molecule has 0 bridgehead atoms. The molecule has 12 aromatic rings. The number of unbranched alkanes of at least 4 members (excludes halogenated alkanes) is 3. The van der Waals surface area contributed by atoms with E-state index in [0.717, 1.165) is 84.4 Å². The molecule has 512 valence electrons. The van der Waals surface area contributed by atoms with Gasteiger partial charge in [-0.25, -0.2) is 4.79 Å². The van der Waals surface area contributed by atoms with Crippen LogP contribution in [0.15, 0.2) is 118 Å². The highest BCUT2D eigenvalue weighted by atomic mass is 32.1. The second-order valence-electron chi connectivity index (χ2n) is 24.7. The van der Waals surface area contributed by atoms with Crippen LogP contribution in [0.2, 0.25) is 0 Å². The summed E-state index contributed by atoms with van der Waals surface area (Å²) < 4.78 is 43.3. The Morgan fingerprint density at radius 3 is 1.21 bits per heavy atom. The summed E-state index contributed by atoms with van der Waals surface area (Å²) in [5.41, 5.74) is 5.12. The summed E-state index contributed by atoms with van der Waals surface area (Å²) in [6, 6.07) is 33.2. The number of Topliss-reactive ketones (excluding diaryl/α,β-unsaturated/α-hetero) is 1. The minimum absolute atomic E-state index is 0.0589. The molecule has 0 aliphatic carbocycles. The average Bonchev–Trinajstić information content (AvgIpc) is 1.54. The molecule has 2 N–H and O–H groups in total. The molecule has 0 saturated heterocycles. The molecule has 12 rings (SSSR count). The molecule has 0 saturated carbocycles. The first-order valence-corrected chi connectivity index (χ1v) is 34.4. The maximum atomic E-state index is 12.9. The zero-order chi connectivity index (χ0) is 71.4. The summed E-state index contributed by atoms with van der Waals surface area (Å²) in [5.74, 6) is -1.55. The highest BCUT2D eigenvalue weighted by Crippen LogP contribution is 2.57. The summed E-state index contributed by atoms with van der Waals surface area (Å²) in [4.78, 5) is 124. The third-order valence-electron chi connectivity index (χ3n) is 17.1. The molecule has 0 atom stereocenters. The number of amides is 2. The number of benzene rings is 9. The van der Waals surface area contributed by atoms with Crippen molar-refractivity contribution >= 4 is 170 Å². The Kier molecular flexibility index (Phi) is 21.2. The van der Waals surface area contributed by atoms with Gasteiger partial charge in [0.15, 0.2) is 11.5 Å². The van der Waals surface area contributed by atoms with Crippen LogP contribution in [0.4, 0.5) is 0 Å². The minimum Gasteiger partial charge on any atom is -0.425 e. The number of hydrogen-bond acceptors (Lipinski definition) is 19. The van der Waals surface area contributed by atoms with Gasteiger partial charge < -0.3 is 48.3 Å². The SMILES string of the molecule is CC(=O)CCc1ccc2c(OC(C)=O)c3sc4c(C)c5ccccc5c(OC(C)=O)c4c3c(OC(C)=O)c2c1.CC(=O)Oc1c2ccc(CCC(=O)NCCCCCCNC(=O)Cc3cc(=O)oc4cc(C)ccc34)cc2c(OC(C)=O)c2c1sc1c(C)c3ccccc3c(OC(C)=O)c12. The van der Waals surface area contributed by atoms with Crippen molar-refractivity contribution < 1.29 is 76.0 Å². The van der Waals surface area contributed by atoms with E-state index in [4.69, 9.17) is 32.8 Å². The van der Waals surface area contributed by atoms with Crippen molar-refractivity contribution in [1.82, 2.24) is 10.6 Å². The number of ketones is 1. The van der Waals surface area contributed by atoms with Crippen molar-refractivity contribution in [2.45, 2.75) is 127 Å². The van der Waals surface area contributed by atoms with Crippen molar-refractivity contribution in [1.29, 1.82) is 0 Å². The Bertz CT molecular complexity index is 5480. The van der Waals surface area contributed by atoms with Gasteiger partial charge in [0.25, 0.3) is 0 Å². The van der Waals surface area contributed by atoms with E-state index < -0.39 is 41.4 Å². The monoisotopic (exact) mass is 1380 g/mol. The van der Waals surface area contributed by atoms with Gasteiger partial charge >= 0.3 is 41.4 Å². The summed E-state index contributed by atoms with van der Waals surface area (Å²) >= 11 is 2.75. The van der Waals surface area contributed by atoms with Crippen LogP contribution in [0.3, 0.4) is 0 Å². The van der Waals surface area contributed by atoms with E-state index in [2.05, 4.69) is 10.6 Å². The fourth-order valence-electron chi connectivity index (χ4n) is 12.8. The van der Waals surface area contributed by atoms with Crippen LogP contribution in [0.1, 0.15) is 120 Å². The molecule has 100 heavy (non-hydrogen) atoms. The fourth-order valence-corrected chi connectivity index (χ4v) is 15.4. The van der Waals surface area contributed by atoms with E-state index in [9.17, 15) is 47.9 Å². The number of thiophene rings is 2. The van der Waals surface area contributed by atoms with Crippen molar-refractivity contribution in [3.05, 3.63) is 153 Å². The number of hydrogen-bond donors (Lipinski definition) is 2. The van der Waals surface area contributed by atoms with Crippen molar-refractivity contribution in [3.8, 4) is 34.5 Å². The van der Waals surface area contributed by atoms with Crippen LogP contribution >= 0.6 is 22.7 Å². The molecule has 19 nitrogen and oxygen atoms in total. The van der Waals surface area contributed by atoms with Crippen molar-refractivity contribution in [2.24, 2.45) is 0 Å². The van der Waals surface area contributed by atoms with E-state index in [1.807, 2.05) is 112 Å². The summed E-state index contributed by atoms with van der Waals surface area (Å²) in [5, 5.41) is 14.2. The Morgan fingerprint density at radius 2 is 0.770 bits per heavy atom. The molecule has 0 fully saturated rings. The van der Waals surface area contributed by atoms with Crippen LogP contribution in [0.5, 0.6) is 34.5 Å². The summed E-state index contributed by atoms with van der Waals surface area (Å²) in [7, 11) is 0. The minimum atomic E-state index is -0.563. The highest BCUT2D eigenvalue weighted by Gasteiger charge is 2.31. The van der Waals surface area contributed by atoms with Crippen molar-refractivity contribution in [3.63, 3.8) is 0 Å². The maximum absolute atomic E-state index is 12.9. The number of carbonyl (C=O) groups is 9. The Balaban J connectivity index is 0.000000222. The standard InChI is InChI=1S/C48H46N2O10S.C31H26O7S/c1-26-14-17-34-32(25-41(56)60-38(34)22-26)24-40(55)50-21-11-7-6-10-20-49-39(54)19-16-31-15-18-36-37(23-31)45(58-29(4)52)43-42-44(57-28(3)51)35-13-9-8-12-33(35)27(2)47(42)61-48(43)46(36)59-30(5)53;1-15(32)10-11-20-12-13-23-24(14-20)28(37-18(4)34)26-25-27(36-17(3)33)22-9-7-6-8-21(22)16(2)30(25)39-31(26)29(23)38-19(5)35/h8-9,12-15,17-18,22-23,25H,6-7,10-11,16,19-21,24H2,1-5H3,(H,49,54)(H,50,55);6-9,12-14H,10-11H2,1-5H3. The quantitative estimate of drug-likeness (QED) is 0.0293. The topological polar surface area (TPSA) is 263 Å². The molecule has 0 spiro atoms. The van der Waals surface area contributed by atoms with Gasteiger partial charge in [0.05, 0.1) is 26.6 Å². The smallest absolute Gasteiger partial charge is 0.336 e. The van der Waals surface area contributed by atoms with Crippen molar-refractivity contribution in [2.75, 3.05) is 13.1 Å². The van der Waals surface area contributed by atoms with Crippen LogP contribution in [-0.2, 0) is 62.4 Å². The van der Waals surface area contributed by atoms with Gasteiger partial charge in [-0.05, 0) is 116 Å². The van der Waals surface area contributed by atoms with E-state index in [0.29, 0.717) is 124 Å². The van der Waals surface area contributed by atoms with Crippen LogP contribution in [0, 0.1) is 20.8 Å². The Hall–Kier alpha value is -10.9. The van der Waals surface area contributed by atoms with E-state index in [1.54, 1.807) is 12.1 Å². The lowest BCUT2D eigenvalue weighted by Crippen LogP contribution is -2.26. The van der Waals surface area contributed by atoms with Gasteiger partial charge in [-0.15, -0.1) is 22.7 Å². The average molecular weight is 1390 g/mol. The lowest BCUT2D eigenvalue weighted by molar-refractivity contribution is -0.132. The van der Waals surface area contributed by atoms with E-state index in [-0.39, 0.29) is 41.9 Å². The number of aryl methyl sites for hydroxylation is 5. The summed E-state index contributed by atoms with van der Waals surface area (Å²) in [6.07, 6.45) is 4.84. The fraction of sp³-hybridized carbons (Fsp3) is 0.266. The zero-order valence-corrected chi connectivity index (χ0v) is 58.6. The lowest BCUT2D eigenvalue weighted by Gasteiger charge is -2.16.